The molecule has 1 fully saturated rings. The lowest BCUT2D eigenvalue weighted by atomic mass is 9.99. The zero-order chi connectivity index (χ0) is 50.3. The van der Waals surface area contributed by atoms with Gasteiger partial charge in [0, 0.05) is 12.8 Å². The van der Waals surface area contributed by atoms with Crippen LogP contribution in [0.1, 0.15) is 284 Å². The molecular weight excluding hydrogens is 871 g/mol. The van der Waals surface area contributed by atoms with Crippen LogP contribution in [0.3, 0.4) is 0 Å². The second kappa shape index (κ2) is 48.7. The number of allylic oxidation sites excluding steroid dienone is 1. The second-order valence-electron chi connectivity index (χ2n) is 20.7. The maximum absolute atomic E-state index is 13.0. The summed E-state index contributed by atoms with van der Waals surface area (Å²) in [5.74, 6) is -0.206. The zero-order valence-electron chi connectivity index (χ0n) is 44.8. The molecule has 1 amide bonds. The minimum absolute atomic E-state index is 0.0182. The summed E-state index contributed by atoms with van der Waals surface area (Å²) < 4.78 is 16.7. The molecule has 0 aromatic heterocycles. The van der Waals surface area contributed by atoms with Crippen molar-refractivity contribution in [2.75, 3.05) is 19.8 Å². The van der Waals surface area contributed by atoms with Gasteiger partial charge in [-0.05, 0) is 32.1 Å². The number of hydrogen-bond donors (Lipinski definition) is 6. The van der Waals surface area contributed by atoms with E-state index in [-0.39, 0.29) is 18.5 Å². The van der Waals surface area contributed by atoms with Gasteiger partial charge in [-0.1, -0.05) is 251 Å². The molecule has 408 valence electrons. The molecule has 1 rings (SSSR count). The minimum atomic E-state index is -1.57. The van der Waals surface area contributed by atoms with Crippen molar-refractivity contribution in [3.8, 4) is 0 Å². The molecule has 69 heavy (non-hydrogen) atoms. The van der Waals surface area contributed by atoms with Gasteiger partial charge in [0.2, 0.25) is 5.91 Å². The summed E-state index contributed by atoms with van der Waals surface area (Å²) in [4.78, 5) is 25.1. The van der Waals surface area contributed by atoms with E-state index in [0.29, 0.717) is 19.4 Å². The van der Waals surface area contributed by atoms with Crippen LogP contribution in [0.5, 0.6) is 0 Å². The Labute approximate surface area is 423 Å². The van der Waals surface area contributed by atoms with Gasteiger partial charge in [0.15, 0.2) is 6.29 Å². The zero-order valence-corrected chi connectivity index (χ0v) is 44.8. The van der Waals surface area contributed by atoms with Crippen molar-refractivity contribution in [3.05, 3.63) is 12.2 Å². The first kappa shape index (κ1) is 65.4. The minimum Gasteiger partial charge on any atom is -0.466 e. The number of carbonyl (C=O) groups excluding carboxylic acids is 2. The first-order valence-electron chi connectivity index (χ1n) is 29.5. The average molecular weight is 983 g/mol. The van der Waals surface area contributed by atoms with Crippen LogP contribution in [0, 0.1) is 0 Å². The van der Waals surface area contributed by atoms with Crippen LogP contribution in [0.4, 0.5) is 0 Å². The summed E-state index contributed by atoms with van der Waals surface area (Å²) in [6, 6.07) is -0.815. The highest BCUT2D eigenvalue weighted by Crippen LogP contribution is 2.23. The van der Waals surface area contributed by atoms with Gasteiger partial charge in [-0.2, -0.15) is 0 Å². The SMILES string of the molecule is CCCCCCCCCCCCCCC/C=C/C(O)C(COC1OC(CO)C(O)C(O)C1O)NC(=O)CCCCCCCCCCCCCCCCCOC(=O)CCCCCCCCCCCCC. The van der Waals surface area contributed by atoms with E-state index in [9.17, 15) is 35.1 Å². The van der Waals surface area contributed by atoms with Crippen molar-refractivity contribution in [1.29, 1.82) is 0 Å². The molecule has 1 heterocycles. The second-order valence-corrected chi connectivity index (χ2v) is 20.7. The standard InChI is InChI=1S/C58H111NO10/c1-3-5-7-9-11-13-15-16-18-21-25-28-32-36-40-44-51(61)50(49-68-58-57(66)56(65)55(64)52(48-60)69-58)59-53(62)45-41-37-33-29-26-22-19-17-20-23-27-31-35-39-43-47-67-54(63)46-42-38-34-30-24-14-12-10-8-6-4-2/h40,44,50-52,55-58,60-61,64-66H,3-39,41-43,45-49H2,1-2H3,(H,59,62)/b44-40+. The summed E-state index contributed by atoms with van der Waals surface area (Å²) in [6.07, 6.45) is 45.6. The molecule has 0 radical (unpaired) electrons. The van der Waals surface area contributed by atoms with E-state index in [2.05, 4.69) is 19.2 Å². The van der Waals surface area contributed by atoms with Crippen molar-refractivity contribution < 1.29 is 49.3 Å². The van der Waals surface area contributed by atoms with E-state index < -0.39 is 49.5 Å². The molecule has 0 spiro atoms. The lowest BCUT2D eigenvalue weighted by Crippen LogP contribution is -2.60. The summed E-state index contributed by atoms with van der Waals surface area (Å²) in [7, 11) is 0. The number of unbranched alkanes of at least 4 members (excludes halogenated alkanes) is 37. The monoisotopic (exact) mass is 982 g/mol. The van der Waals surface area contributed by atoms with E-state index >= 15 is 0 Å². The molecule has 1 aliphatic rings. The summed E-state index contributed by atoms with van der Waals surface area (Å²) in [5, 5.41) is 54.4. The van der Waals surface area contributed by atoms with Crippen LogP contribution in [0.15, 0.2) is 12.2 Å². The van der Waals surface area contributed by atoms with Crippen LogP contribution in [0.25, 0.3) is 0 Å². The number of esters is 1. The Morgan fingerprint density at radius 3 is 1.35 bits per heavy atom. The molecule has 1 saturated heterocycles. The Balaban J connectivity index is 2.15. The van der Waals surface area contributed by atoms with Gasteiger partial charge < -0.3 is 45.1 Å². The molecule has 0 aromatic carbocycles. The highest BCUT2D eigenvalue weighted by molar-refractivity contribution is 5.76. The predicted molar refractivity (Wildman–Crippen MR) is 283 cm³/mol. The number of rotatable bonds is 51. The molecule has 0 saturated carbocycles. The number of carbonyl (C=O) groups is 2. The van der Waals surface area contributed by atoms with E-state index in [1.54, 1.807) is 6.08 Å². The lowest BCUT2D eigenvalue weighted by Gasteiger charge is -2.40. The molecule has 0 aliphatic carbocycles. The van der Waals surface area contributed by atoms with Gasteiger partial charge in [0.1, 0.15) is 24.4 Å². The highest BCUT2D eigenvalue weighted by Gasteiger charge is 2.44. The summed E-state index contributed by atoms with van der Waals surface area (Å²) >= 11 is 0. The molecular formula is C58H111NO10. The van der Waals surface area contributed by atoms with Crippen LogP contribution in [-0.4, -0.2) is 100 Å². The smallest absolute Gasteiger partial charge is 0.305 e. The van der Waals surface area contributed by atoms with Gasteiger partial charge in [-0.3, -0.25) is 9.59 Å². The summed E-state index contributed by atoms with van der Waals surface area (Å²) in [5.41, 5.74) is 0. The number of ether oxygens (including phenoxy) is 3. The first-order valence-corrected chi connectivity index (χ1v) is 29.5. The van der Waals surface area contributed by atoms with E-state index in [0.717, 1.165) is 70.6 Å². The van der Waals surface area contributed by atoms with Crippen LogP contribution < -0.4 is 5.32 Å². The Morgan fingerprint density at radius 1 is 0.522 bits per heavy atom. The number of amides is 1. The maximum atomic E-state index is 13.0. The third-order valence-corrected chi connectivity index (χ3v) is 14.2. The van der Waals surface area contributed by atoms with Gasteiger partial charge in [-0.25, -0.2) is 0 Å². The third kappa shape index (κ3) is 38.7. The fraction of sp³-hybridized carbons (Fsp3) is 0.931. The van der Waals surface area contributed by atoms with E-state index in [4.69, 9.17) is 14.2 Å². The molecule has 7 unspecified atom stereocenters. The number of aliphatic hydroxyl groups excluding tert-OH is 5. The van der Waals surface area contributed by atoms with Crippen molar-refractivity contribution in [3.63, 3.8) is 0 Å². The fourth-order valence-corrected chi connectivity index (χ4v) is 9.44. The van der Waals surface area contributed by atoms with Gasteiger partial charge in [-0.15, -0.1) is 0 Å². The molecule has 0 bridgehead atoms. The fourth-order valence-electron chi connectivity index (χ4n) is 9.44. The maximum Gasteiger partial charge on any atom is 0.305 e. The van der Waals surface area contributed by atoms with Crippen molar-refractivity contribution in [2.24, 2.45) is 0 Å². The first-order chi connectivity index (χ1) is 33.7. The molecule has 1 aliphatic heterocycles. The third-order valence-electron chi connectivity index (χ3n) is 14.2. The van der Waals surface area contributed by atoms with Gasteiger partial charge in [0.05, 0.1) is 32.0 Å². The normalized spacial score (nSPS) is 19.3. The van der Waals surface area contributed by atoms with Gasteiger partial charge >= 0.3 is 5.97 Å². The number of aliphatic hydroxyl groups is 5. The molecule has 0 aromatic rings. The van der Waals surface area contributed by atoms with Crippen LogP contribution in [-0.2, 0) is 23.8 Å². The largest absolute Gasteiger partial charge is 0.466 e. The van der Waals surface area contributed by atoms with Crippen molar-refractivity contribution in [1.82, 2.24) is 5.32 Å². The Morgan fingerprint density at radius 2 is 0.913 bits per heavy atom. The molecule has 6 N–H and O–H groups in total. The molecule has 11 heteroatoms. The van der Waals surface area contributed by atoms with E-state index in [1.807, 2.05) is 6.08 Å². The average Bonchev–Trinajstić information content (AvgIpc) is 3.34. The predicted octanol–water partition coefficient (Wildman–Crippen LogP) is 13.2. The number of nitrogens with one attached hydrogen (secondary N) is 1. The van der Waals surface area contributed by atoms with E-state index in [1.165, 1.54) is 186 Å². The Kier molecular flexibility index (Phi) is 46.1. The van der Waals surface area contributed by atoms with Crippen molar-refractivity contribution >= 4 is 11.9 Å². The van der Waals surface area contributed by atoms with Crippen molar-refractivity contribution in [2.45, 2.75) is 326 Å². The lowest BCUT2D eigenvalue weighted by molar-refractivity contribution is -0.302. The Bertz CT molecular complexity index is 1160. The highest BCUT2D eigenvalue weighted by atomic mass is 16.7. The quantitative estimate of drug-likeness (QED) is 0.0195. The van der Waals surface area contributed by atoms with Crippen LogP contribution >= 0.6 is 0 Å². The van der Waals surface area contributed by atoms with Crippen LogP contribution in [0.2, 0.25) is 0 Å². The molecule has 11 nitrogen and oxygen atoms in total. The number of hydrogen-bond acceptors (Lipinski definition) is 10. The topological polar surface area (TPSA) is 175 Å². The summed E-state index contributed by atoms with van der Waals surface area (Å²) in [6.45, 7) is 4.33. The van der Waals surface area contributed by atoms with Gasteiger partial charge in [0.25, 0.3) is 0 Å². The Hall–Kier alpha value is -1.60. The molecule has 7 atom stereocenters.